The van der Waals surface area contributed by atoms with E-state index in [4.69, 9.17) is 9.47 Å². The number of cyclic esters (lactones) is 1. The molecule has 1 fully saturated rings. The van der Waals surface area contributed by atoms with Gasteiger partial charge in [-0.1, -0.05) is 0 Å². The van der Waals surface area contributed by atoms with Gasteiger partial charge in [0, 0.05) is 32.0 Å². The van der Waals surface area contributed by atoms with Gasteiger partial charge < -0.3 is 19.7 Å². The van der Waals surface area contributed by atoms with Crippen LogP contribution >= 0.6 is 0 Å². The summed E-state index contributed by atoms with van der Waals surface area (Å²) < 4.78 is 9.71. The molecule has 1 saturated heterocycles. The second kappa shape index (κ2) is 6.69. The zero-order valence-electron chi connectivity index (χ0n) is 11.2. The van der Waals surface area contributed by atoms with E-state index in [0.717, 1.165) is 6.42 Å². The van der Waals surface area contributed by atoms with Gasteiger partial charge in [0.15, 0.2) is 0 Å². The molecule has 0 radical (unpaired) electrons. The van der Waals surface area contributed by atoms with Gasteiger partial charge in [0.2, 0.25) is 0 Å². The van der Waals surface area contributed by atoms with Crippen LogP contribution in [0.4, 0.5) is 4.79 Å². The molecule has 0 unspecified atom stereocenters. The van der Waals surface area contributed by atoms with Crippen molar-refractivity contribution in [3.05, 3.63) is 18.0 Å². The van der Waals surface area contributed by atoms with Crippen molar-refractivity contribution in [2.24, 2.45) is 0 Å². The Morgan fingerprint density at radius 3 is 2.90 bits per heavy atom. The Morgan fingerprint density at radius 1 is 1.50 bits per heavy atom. The minimum Gasteiger partial charge on any atom is -0.467 e. The summed E-state index contributed by atoms with van der Waals surface area (Å²) in [5.41, 5.74) is 0.340. The lowest BCUT2D eigenvalue weighted by molar-refractivity contribution is 0.0719. The van der Waals surface area contributed by atoms with Crippen molar-refractivity contribution in [2.75, 3.05) is 33.4 Å². The Hall–Kier alpha value is -2.38. The van der Waals surface area contributed by atoms with Gasteiger partial charge in [0.05, 0.1) is 19.3 Å². The second-order valence-corrected chi connectivity index (χ2v) is 4.17. The van der Waals surface area contributed by atoms with E-state index in [0.29, 0.717) is 31.8 Å². The topological polar surface area (TPSA) is 93.6 Å². The number of carbonyl (C=O) groups excluding carboxylic acids is 2. The molecule has 0 saturated carbocycles. The summed E-state index contributed by atoms with van der Waals surface area (Å²) in [5.74, 6) is -0.293. The van der Waals surface area contributed by atoms with Crippen LogP contribution in [-0.4, -0.2) is 60.2 Å². The Kier molecular flexibility index (Phi) is 4.70. The highest BCUT2D eigenvalue weighted by atomic mass is 16.6. The van der Waals surface area contributed by atoms with Crippen LogP contribution in [0.25, 0.3) is 0 Å². The zero-order chi connectivity index (χ0) is 14.4. The molecule has 0 aliphatic carbocycles. The van der Waals surface area contributed by atoms with Gasteiger partial charge >= 0.3 is 12.1 Å². The lowest BCUT2D eigenvalue weighted by Gasteiger charge is -2.26. The summed E-state index contributed by atoms with van der Waals surface area (Å²) in [4.78, 5) is 32.4. The van der Waals surface area contributed by atoms with Gasteiger partial charge in [-0.15, -0.1) is 0 Å². The predicted octanol–water partition coefficient (Wildman–Crippen LogP) is 0.0573. The Morgan fingerprint density at radius 2 is 2.25 bits per heavy atom. The van der Waals surface area contributed by atoms with Gasteiger partial charge in [0.25, 0.3) is 5.91 Å². The second-order valence-electron chi connectivity index (χ2n) is 4.17. The van der Waals surface area contributed by atoms with Crippen LogP contribution in [-0.2, 0) is 4.74 Å². The van der Waals surface area contributed by atoms with Crippen molar-refractivity contribution in [1.82, 2.24) is 20.2 Å². The maximum atomic E-state index is 11.8. The highest BCUT2D eigenvalue weighted by Gasteiger charge is 2.19. The van der Waals surface area contributed by atoms with Gasteiger partial charge in [-0.25, -0.2) is 14.8 Å². The van der Waals surface area contributed by atoms with E-state index >= 15 is 0 Å². The molecule has 8 nitrogen and oxygen atoms in total. The predicted molar refractivity (Wildman–Crippen MR) is 68.5 cm³/mol. The summed E-state index contributed by atoms with van der Waals surface area (Å²) in [7, 11) is 1.45. The smallest absolute Gasteiger partial charge is 0.409 e. The SMILES string of the molecule is COc1ncc(C(=O)NCCN2CCCOC2=O)cn1. The van der Waals surface area contributed by atoms with Crippen molar-refractivity contribution in [1.29, 1.82) is 0 Å². The fourth-order valence-electron chi connectivity index (χ4n) is 1.75. The van der Waals surface area contributed by atoms with Crippen LogP contribution in [0.2, 0.25) is 0 Å². The third-order valence-corrected chi connectivity index (χ3v) is 2.80. The third kappa shape index (κ3) is 3.56. The number of nitrogens with one attached hydrogen (secondary N) is 1. The van der Waals surface area contributed by atoms with Crippen molar-refractivity contribution >= 4 is 12.0 Å². The molecular formula is C12H16N4O4. The highest BCUT2D eigenvalue weighted by molar-refractivity contribution is 5.93. The molecule has 0 atom stereocenters. The van der Waals surface area contributed by atoms with E-state index < -0.39 is 0 Å². The summed E-state index contributed by atoms with van der Waals surface area (Å²) in [5, 5.41) is 2.70. The first-order valence-corrected chi connectivity index (χ1v) is 6.26. The number of rotatable bonds is 5. The van der Waals surface area contributed by atoms with Crippen LogP contribution in [0, 0.1) is 0 Å². The van der Waals surface area contributed by atoms with Crippen molar-refractivity contribution in [3.8, 4) is 6.01 Å². The molecule has 1 aromatic heterocycles. The minimum atomic E-state index is -0.335. The van der Waals surface area contributed by atoms with Gasteiger partial charge in [-0.05, 0) is 6.42 Å². The lowest BCUT2D eigenvalue weighted by Crippen LogP contribution is -2.42. The maximum Gasteiger partial charge on any atom is 0.409 e. The standard InChI is InChI=1S/C12H16N4O4/c1-19-11-14-7-9(8-15-11)10(17)13-3-5-16-4-2-6-20-12(16)18/h7-8H,2-6H2,1H3,(H,13,17). The molecule has 2 amide bonds. The summed E-state index contributed by atoms with van der Waals surface area (Å²) in [6.07, 6.45) is 3.25. The molecule has 1 aliphatic rings. The quantitative estimate of drug-likeness (QED) is 0.819. The Bertz CT molecular complexity index is 477. The molecule has 0 spiro atoms. The number of amides is 2. The molecule has 2 heterocycles. The number of hydrogen-bond donors (Lipinski definition) is 1. The zero-order valence-corrected chi connectivity index (χ0v) is 11.2. The molecule has 20 heavy (non-hydrogen) atoms. The van der Waals surface area contributed by atoms with Crippen LogP contribution in [0.3, 0.4) is 0 Å². The molecular weight excluding hydrogens is 264 g/mol. The first-order chi connectivity index (χ1) is 9.70. The number of nitrogens with zero attached hydrogens (tertiary/aromatic N) is 3. The number of methoxy groups -OCH3 is 1. The van der Waals surface area contributed by atoms with Gasteiger partial charge in [0.1, 0.15) is 0 Å². The Balaban J connectivity index is 1.78. The van der Waals surface area contributed by atoms with Crippen LogP contribution < -0.4 is 10.1 Å². The first kappa shape index (κ1) is 14.0. The normalized spacial score (nSPS) is 14.7. The lowest BCUT2D eigenvalue weighted by atomic mass is 10.3. The number of aromatic nitrogens is 2. The molecule has 1 N–H and O–H groups in total. The van der Waals surface area contributed by atoms with E-state index in [-0.39, 0.29) is 18.0 Å². The van der Waals surface area contributed by atoms with E-state index in [1.165, 1.54) is 19.5 Å². The van der Waals surface area contributed by atoms with E-state index in [2.05, 4.69) is 15.3 Å². The van der Waals surface area contributed by atoms with Gasteiger partial charge in [-0.2, -0.15) is 0 Å². The highest BCUT2D eigenvalue weighted by Crippen LogP contribution is 2.04. The fourth-order valence-corrected chi connectivity index (χ4v) is 1.75. The third-order valence-electron chi connectivity index (χ3n) is 2.80. The van der Waals surface area contributed by atoms with E-state index in [1.54, 1.807) is 4.90 Å². The van der Waals surface area contributed by atoms with E-state index in [9.17, 15) is 9.59 Å². The van der Waals surface area contributed by atoms with Crippen LogP contribution in [0.15, 0.2) is 12.4 Å². The first-order valence-electron chi connectivity index (χ1n) is 6.26. The molecule has 2 rings (SSSR count). The van der Waals surface area contributed by atoms with Gasteiger partial charge in [-0.3, -0.25) is 4.79 Å². The average Bonchev–Trinajstić information content (AvgIpc) is 2.49. The van der Waals surface area contributed by atoms with Crippen molar-refractivity contribution < 1.29 is 19.1 Å². The van der Waals surface area contributed by atoms with E-state index in [1.807, 2.05) is 0 Å². The minimum absolute atomic E-state index is 0.206. The largest absolute Gasteiger partial charge is 0.467 e. The van der Waals surface area contributed by atoms with Crippen LogP contribution in [0.5, 0.6) is 6.01 Å². The summed E-state index contributed by atoms with van der Waals surface area (Å²) in [6, 6.07) is 0.206. The number of ether oxygens (including phenoxy) is 2. The van der Waals surface area contributed by atoms with Crippen LogP contribution in [0.1, 0.15) is 16.8 Å². The molecule has 1 aromatic rings. The number of carbonyl (C=O) groups is 2. The average molecular weight is 280 g/mol. The monoisotopic (exact) mass is 280 g/mol. The maximum absolute atomic E-state index is 11.8. The molecule has 8 heteroatoms. The molecule has 0 aromatic carbocycles. The molecule has 1 aliphatic heterocycles. The van der Waals surface area contributed by atoms with Crippen molar-refractivity contribution in [2.45, 2.75) is 6.42 Å². The molecule has 108 valence electrons. The Labute approximate surface area is 116 Å². The van der Waals surface area contributed by atoms with Crippen molar-refractivity contribution in [3.63, 3.8) is 0 Å². The number of hydrogen-bond acceptors (Lipinski definition) is 6. The summed E-state index contributed by atoms with van der Waals surface area (Å²) in [6.45, 7) is 1.88. The fraction of sp³-hybridized carbons (Fsp3) is 0.500. The molecule has 0 bridgehead atoms. The summed E-state index contributed by atoms with van der Waals surface area (Å²) >= 11 is 0.